The molecule has 0 aliphatic carbocycles. The Morgan fingerprint density at radius 3 is 2.25 bits per heavy atom. The molecule has 2 N–H and O–H groups in total. The van der Waals surface area contributed by atoms with Gasteiger partial charge in [0.2, 0.25) is 0 Å². The maximum Gasteiger partial charge on any atom is 0.123 e. The SMILES string of the molecule is OCCN(CC(O)c1ccc(F)cc1)c1ccccc1. The van der Waals surface area contributed by atoms with Crippen LogP contribution in [0.3, 0.4) is 0 Å². The highest BCUT2D eigenvalue weighted by Crippen LogP contribution is 2.19. The summed E-state index contributed by atoms with van der Waals surface area (Å²) in [6, 6.07) is 15.4. The summed E-state index contributed by atoms with van der Waals surface area (Å²) >= 11 is 0. The van der Waals surface area contributed by atoms with Crippen molar-refractivity contribution in [2.75, 3.05) is 24.6 Å². The largest absolute Gasteiger partial charge is 0.395 e. The van der Waals surface area contributed by atoms with E-state index in [9.17, 15) is 9.50 Å². The predicted molar refractivity (Wildman–Crippen MR) is 77.1 cm³/mol. The van der Waals surface area contributed by atoms with Crippen molar-refractivity contribution in [2.45, 2.75) is 6.10 Å². The van der Waals surface area contributed by atoms with Gasteiger partial charge in [0.1, 0.15) is 5.82 Å². The number of rotatable bonds is 6. The molecule has 0 saturated carbocycles. The Balaban J connectivity index is 2.10. The molecule has 2 aromatic carbocycles. The third-order valence-electron chi connectivity index (χ3n) is 3.14. The normalized spacial score (nSPS) is 12.2. The highest BCUT2D eigenvalue weighted by Gasteiger charge is 2.13. The number of aliphatic hydroxyl groups excluding tert-OH is 2. The van der Waals surface area contributed by atoms with Crippen LogP contribution in [-0.4, -0.2) is 29.9 Å². The van der Waals surface area contributed by atoms with Crippen molar-refractivity contribution in [1.82, 2.24) is 0 Å². The van der Waals surface area contributed by atoms with Crippen LogP contribution in [0.2, 0.25) is 0 Å². The zero-order valence-electron chi connectivity index (χ0n) is 11.1. The van der Waals surface area contributed by atoms with Crippen LogP contribution < -0.4 is 4.90 Å². The Labute approximate surface area is 117 Å². The lowest BCUT2D eigenvalue weighted by Crippen LogP contribution is -2.31. The molecule has 0 fully saturated rings. The van der Waals surface area contributed by atoms with Crippen LogP contribution in [0.25, 0.3) is 0 Å². The van der Waals surface area contributed by atoms with Crippen LogP contribution >= 0.6 is 0 Å². The summed E-state index contributed by atoms with van der Waals surface area (Å²) in [4.78, 5) is 1.90. The number of benzene rings is 2. The Bertz CT molecular complexity index is 516. The Kier molecular flexibility index (Phi) is 5.09. The summed E-state index contributed by atoms with van der Waals surface area (Å²) in [6.07, 6.45) is -0.734. The van der Waals surface area contributed by atoms with Crippen molar-refractivity contribution in [2.24, 2.45) is 0 Å². The molecule has 0 bridgehead atoms. The zero-order valence-corrected chi connectivity index (χ0v) is 11.1. The summed E-state index contributed by atoms with van der Waals surface area (Å²) in [5.41, 5.74) is 1.59. The number of nitrogens with zero attached hydrogens (tertiary/aromatic N) is 1. The first-order valence-electron chi connectivity index (χ1n) is 6.55. The third kappa shape index (κ3) is 3.79. The van der Waals surface area contributed by atoms with Gasteiger partial charge in [0.05, 0.1) is 12.7 Å². The maximum absolute atomic E-state index is 12.9. The van der Waals surface area contributed by atoms with E-state index in [1.165, 1.54) is 12.1 Å². The molecule has 1 unspecified atom stereocenters. The van der Waals surface area contributed by atoms with Crippen LogP contribution in [0, 0.1) is 5.82 Å². The number of para-hydroxylation sites is 1. The average molecular weight is 275 g/mol. The molecular weight excluding hydrogens is 257 g/mol. The number of aliphatic hydroxyl groups is 2. The second kappa shape index (κ2) is 7.03. The van der Waals surface area contributed by atoms with Crippen LogP contribution in [0.1, 0.15) is 11.7 Å². The van der Waals surface area contributed by atoms with Crippen molar-refractivity contribution in [3.8, 4) is 0 Å². The fourth-order valence-corrected chi connectivity index (χ4v) is 2.08. The van der Waals surface area contributed by atoms with E-state index in [-0.39, 0.29) is 12.4 Å². The van der Waals surface area contributed by atoms with E-state index in [1.54, 1.807) is 12.1 Å². The smallest absolute Gasteiger partial charge is 0.123 e. The average Bonchev–Trinajstić information content (AvgIpc) is 2.48. The first-order chi connectivity index (χ1) is 9.70. The van der Waals surface area contributed by atoms with E-state index >= 15 is 0 Å². The summed E-state index contributed by atoms with van der Waals surface area (Å²) in [5, 5.41) is 19.4. The lowest BCUT2D eigenvalue weighted by molar-refractivity contribution is 0.180. The summed E-state index contributed by atoms with van der Waals surface area (Å²) < 4.78 is 12.9. The van der Waals surface area contributed by atoms with Crippen LogP contribution in [0.5, 0.6) is 0 Å². The Morgan fingerprint density at radius 1 is 1.00 bits per heavy atom. The number of anilines is 1. The molecule has 106 valence electrons. The molecule has 0 amide bonds. The van der Waals surface area contributed by atoms with Crippen molar-refractivity contribution in [1.29, 1.82) is 0 Å². The minimum Gasteiger partial charge on any atom is -0.395 e. The first kappa shape index (κ1) is 14.5. The second-order valence-corrected chi connectivity index (χ2v) is 4.57. The molecule has 3 nitrogen and oxygen atoms in total. The summed E-state index contributed by atoms with van der Waals surface area (Å²) in [5.74, 6) is -0.323. The van der Waals surface area contributed by atoms with Gasteiger partial charge in [-0.15, -0.1) is 0 Å². The molecule has 2 rings (SSSR count). The third-order valence-corrected chi connectivity index (χ3v) is 3.14. The van der Waals surface area contributed by atoms with Crippen LogP contribution in [0.15, 0.2) is 54.6 Å². The molecule has 2 aromatic rings. The number of hydrogen-bond donors (Lipinski definition) is 2. The molecule has 0 saturated heterocycles. The van der Waals surface area contributed by atoms with Gasteiger partial charge >= 0.3 is 0 Å². The van der Waals surface area contributed by atoms with E-state index in [0.29, 0.717) is 18.7 Å². The van der Waals surface area contributed by atoms with Crippen LogP contribution in [0.4, 0.5) is 10.1 Å². The topological polar surface area (TPSA) is 43.7 Å². The molecule has 1 atom stereocenters. The van der Waals surface area contributed by atoms with E-state index in [2.05, 4.69) is 0 Å². The van der Waals surface area contributed by atoms with Crippen molar-refractivity contribution >= 4 is 5.69 Å². The number of hydrogen-bond acceptors (Lipinski definition) is 3. The van der Waals surface area contributed by atoms with E-state index in [4.69, 9.17) is 5.11 Å². The Morgan fingerprint density at radius 2 is 1.65 bits per heavy atom. The van der Waals surface area contributed by atoms with Gasteiger partial charge in [0.25, 0.3) is 0 Å². The van der Waals surface area contributed by atoms with E-state index in [1.807, 2.05) is 35.2 Å². The molecule has 0 aliphatic heterocycles. The summed E-state index contributed by atoms with van der Waals surface area (Å²) in [6.45, 7) is 0.781. The van der Waals surface area contributed by atoms with Gasteiger partial charge in [0.15, 0.2) is 0 Å². The van der Waals surface area contributed by atoms with Gasteiger partial charge in [-0.3, -0.25) is 0 Å². The molecule has 4 heteroatoms. The van der Waals surface area contributed by atoms with Gasteiger partial charge in [0, 0.05) is 18.8 Å². The Hall–Kier alpha value is -1.91. The molecule has 0 aromatic heterocycles. The quantitative estimate of drug-likeness (QED) is 0.850. The molecule has 0 radical (unpaired) electrons. The van der Waals surface area contributed by atoms with Gasteiger partial charge in [-0.1, -0.05) is 30.3 Å². The second-order valence-electron chi connectivity index (χ2n) is 4.57. The van der Waals surface area contributed by atoms with Crippen molar-refractivity contribution in [3.63, 3.8) is 0 Å². The first-order valence-corrected chi connectivity index (χ1v) is 6.55. The molecule has 20 heavy (non-hydrogen) atoms. The fourth-order valence-electron chi connectivity index (χ4n) is 2.08. The fraction of sp³-hybridized carbons (Fsp3) is 0.250. The van der Waals surface area contributed by atoms with Crippen molar-refractivity contribution < 1.29 is 14.6 Å². The zero-order chi connectivity index (χ0) is 14.4. The standard InChI is InChI=1S/C16H18FNO2/c17-14-8-6-13(7-9-14)16(20)12-18(10-11-19)15-4-2-1-3-5-15/h1-9,16,19-20H,10-12H2. The lowest BCUT2D eigenvalue weighted by atomic mass is 10.1. The van der Waals surface area contributed by atoms with Crippen LogP contribution in [-0.2, 0) is 0 Å². The van der Waals surface area contributed by atoms with Crippen molar-refractivity contribution in [3.05, 3.63) is 66.0 Å². The highest BCUT2D eigenvalue weighted by atomic mass is 19.1. The van der Waals surface area contributed by atoms with Gasteiger partial charge < -0.3 is 15.1 Å². The maximum atomic E-state index is 12.9. The molecular formula is C16H18FNO2. The highest BCUT2D eigenvalue weighted by molar-refractivity contribution is 5.46. The van der Waals surface area contributed by atoms with E-state index < -0.39 is 6.10 Å². The minimum absolute atomic E-state index is 0.00499. The van der Waals surface area contributed by atoms with E-state index in [0.717, 1.165) is 5.69 Å². The van der Waals surface area contributed by atoms with Gasteiger partial charge in [-0.25, -0.2) is 4.39 Å². The summed E-state index contributed by atoms with van der Waals surface area (Å²) in [7, 11) is 0. The molecule has 0 aliphatic rings. The number of halogens is 1. The van der Waals surface area contributed by atoms with Gasteiger partial charge in [-0.05, 0) is 29.8 Å². The molecule has 0 heterocycles. The molecule has 0 spiro atoms. The monoisotopic (exact) mass is 275 g/mol. The minimum atomic E-state index is -0.734. The van der Waals surface area contributed by atoms with Gasteiger partial charge in [-0.2, -0.15) is 0 Å². The predicted octanol–water partition coefficient (Wildman–Crippen LogP) is 2.36. The lowest BCUT2D eigenvalue weighted by Gasteiger charge is -2.26.